The fraction of sp³-hybridized carbons (Fsp3) is 0.304. The molecule has 1 unspecified atom stereocenters. The van der Waals surface area contributed by atoms with E-state index in [0.29, 0.717) is 34.8 Å². The van der Waals surface area contributed by atoms with E-state index in [4.69, 9.17) is 25.8 Å². The molecule has 0 fully saturated rings. The van der Waals surface area contributed by atoms with Gasteiger partial charge in [-0.25, -0.2) is 14.1 Å². The van der Waals surface area contributed by atoms with Gasteiger partial charge in [0.25, 0.3) is 0 Å². The van der Waals surface area contributed by atoms with Crippen molar-refractivity contribution in [3.8, 4) is 23.0 Å². The van der Waals surface area contributed by atoms with Crippen LogP contribution in [0.1, 0.15) is 17.5 Å². The molecule has 0 saturated heterocycles. The van der Waals surface area contributed by atoms with Gasteiger partial charge in [-0.15, -0.1) is 5.10 Å². The number of benzene rings is 2. The molecule has 0 amide bonds. The van der Waals surface area contributed by atoms with Crippen LogP contribution in [0.4, 0.5) is 4.39 Å². The molecule has 10 heteroatoms. The molecule has 8 nitrogen and oxygen atoms in total. The first kappa shape index (κ1) is 23.0. The van der Waals surface area contributed by atoms with Crippen LogP contribution in [-0.4, -0.2) is 52.4 Å². The van der Waals surface area contributed by atoms with Crippen LogP contribution in [0.2, 0.25) is 5.02 Å². The third-order valence-electron chi connectivity index (χ3n) is 5.43. The van der Waals surface area contributed by atoms with E-state index in [9.17, 15) is 9.50 Å². The predicted octanol–water partition coefficient (Wildman–Crippen LogP) is 3.97. The van der Waals surface area contributed by atoms with Gasteiger partial charge in [-0.3, -0.25) is 0 Å². The van der Waals surface area contributed by atoms with Gasteiger partial charge in [0.2, 0.25) is 0 Å². The zero-order valence-corrected chi connectivity index (χ0v) is 19.4. The van der Waals surface area contributed by atoms with Crippen molar-refractivity contribution in [3.05, 3.63) is 58.6 Å². The lowest BCUT2D eigenvalue weighted by Crippen LogP contribution is -2.14. The van der Waals surface area contributed by atoms with Crippen molar-refractivity contribution in [3.63, 3.8) is 0 Å². The minimum atomic E-state index is -0.990. The van der Waals surface area contributed by atoms with E-state index < -0.39 is 11.9 Å². The number of aliphatic hydroxyl groups excluding tert-OH is 1. The Balaban J connectivity index is 1.80. The predicted molar refractivity (Wildman–Crippen MR) is 122 cm³/mol. The Morgan fingerprint density at radius 2 is 1.85 bits per heavy atom. The van der Waals surface area contributed by atoms with Crippen LogP contribution in [0.5, 0.6) is 11.5 Å². The summed E-state index contributed by atoms with van der Waals surface area (Å²) in [5.74, 6) is 1.07. The van der Waals surface area contributed by atoms with Crippen molar-refractivity contribution in [2.24, 2.45) is 7.05 Å². The molecule has 0 radical (unpaired) electrons. The first-order valence-corrected chi connectivity index (χ1v) is 10.5. The molecule has 0 bridgehead atoms. The molecule has 1 atom stereocenters. The van der Waals surface area contributed by atoms with Gasteiger partial charge in [0.05, 0.1) is 38.6 Å². The molecule has 1 N–H and O–H groups in total. The molecule has 174 valence electrons. The average Bonchev–Trinajstić information content (AvgIpc) is 3.37. The van der Waals surface area contributed by atoms with Gasteiger partial charge in [-0.1, -0.05) is 23.7 Å². The van der Waals surface area contributed by atoms with Gasteiger partial charge in [-0.2, -0.15) is 0 Å². The van der Waals surface area contributed by atoms with E-state index in [1.54, 1.807) is 35.5 Å². The molecular formula is C23H24ClFN4O4. The molecule has 2 heterocycles. The third-order valence-corrected chi connectivity index (χ3v) is 5.78. The van der Waals surface area contributed by atoms with Crippen LogP contribution in [-0.2, 0) is 18.3 Å². The third kappa shape index (κ3) is 4.27. The molecule has 0 aliphatic carbocycles. The molecule has 4 aromatic rings. The van der Waals surface area contributed by atoms with Crippen molar-refractivity contribution in [2.75, 3.05) is 27.9 Å². The number of ether oxygens (including phenoxy) is 3. The second kappa shape index (κ2) is 9.38. The van der Waals surface area contributed by atoms with Crippen molar-refractivity contribution >= 4 is 22.5 Å². The van der Waals surface area contributed by atoms with E-state index in [-0.39, 0.29) is 17.4 Å². The number of nitrogens with zero attached hydrogens (tertiary/aromatic N) is 4. The number of rotatable bonds is 8. The van der Waals surface area contributed by atoms with Gasteiger partial charge in [0, 0.05) is 19.5 Å². The summed E-state index contributed by atoms with van der Waals surface area (Å²) in [5, 5.41) is 15.7. The summed E-state index contributed by atoms with van der Waals surface area (Å²) < 4.78 is 33.7. The zero-order chi connectivity index (χ0) is 23.7. The lowest BCUT2D eigenvalue weighted by atomic mass is 10.2. The van der Waals surface area contributed by atoms with Crippen LogP contribution in [0.15, 0.2) is 36.4 Å². The number of halogens is 2. The van der Waals surface area contributed by atoms with Gasteiger partial charge >= 0.3 is 0 Å². The molecule has 33 heavy (non-hydrogen) atoms. The van der Waals surface area contributed by atoms with Crippen LogP contribution in [0.25, 0.3) is 22.4 Å². The Labute approximate surface area is 195 Å². The summed E-state index contributed by atoms with van der Waals surface area (Å²) in [6, 6.07) is 10.9. The lowest BCUT2D eigenvalue weighted by molar-refractivity contribution is 0.0560. The van der Waals surface area contributed by atoms with E-state index in [0.717, 1.165) is 11.3 Å². The number of aryl methyl sites for hydroxylation is 1. The quantitative estimate of drug-likeness (QED) is 0.416. The second-order valence-electron chi connectivity index (χ2n) is 7.50. The monoisotopic (exact) mass is 474 g/mol. The number of methoxy groups -OCH3 is 3. The van der Waals surface area contributed by atoms with E-state index in [1.165, 1.54) is 14.2 Å². The Morgan fingerprint density at radius 1 is 1.12 bits per heavy atom. The Kier molecular flexibility index (Phi) is 6.55. The minimum absolute atomic E-state index is 0.0529. The fourth-order valence-electron chi connectivity index (χ4n) is 3.75. The number of aromatic nitrogens is 4. The highest BCUT2D eigenvalue weighted by Gasteiger charge is 2.23. The normalized spacial score (nSPS) is 12.3. The smallest absolute Gasteiger partial charge is 0.198 e. The molecule has 0 aliphatic rings. The van der Waals surface area contributed by atoms with Gasteiger partial charge in [0.15, 0.2) is 17.5 Å². The van der Waals surface area contributed by atoms with Crippen molar-refractivity contribution in [1.29, 1.82) is 0 Å². The van der Waals surface area contributed by atoms with Gasteiger partial charge in [0.1, 0.15) is 22.6 Å². The zero-order valence-electron chi connectivity index (χ0n) is 18.7. The first-order valence-electron chi connectivity index (χ1n) is 10.1. The number of fused-ring (bicyclic) bond motifs is 1. The molecule has 0 spiro atoms. The molecule has 0 aliphatic heterocycles. The minimum Gasteiger partial charge on any atom is -0.497 e. The summed E-state index contributed by atoms with van der Waals surface area (Å²) in [4.78, 5) is 4.57. The average molecular weight is 475 g/mol. The van der Waals surface area contributed by atoms with Crippen LogP contribution < -0.4 is 9.47 Å². The molecule has 2 aromatic carbocycles. The Bertz CT molecular complexity index is 1290. The number of hydrogen-bond acceptors (Lipinski definition) is 6. The van der Waals surface area contributed by atoms with Gasteiger partial charge < -0.3 is 23.9 Å². The number of aliphatic hydroxyl groups is 1. The molecule has 4 rings (SSSR count). The maximum absolute atomic E-state index is 15.0. The van der Waals surface area contributed by atoms with Crippen molar-refractivity contribution in [1.82, 2.24) is 19.3 Å². The maximum Gasteiger partial charge on any atom is 0.198 e. The maximum atomic E-state index is 15.0. The standard InChI is InChI=1S/C23H24ClFN4O4/c1-28-16(9-14-10-18(33-4)19(24)20(25)21(14)28)22-26-23(17(30)12-31-2)29(27-22)11-13-5-7-15(32-3)8-6-13/h5-10,17,30H,11-12H2,1-4H3. The largest absolute Gasteiger partial charge is 0.497 e. The Hall–Kier alpha value is -3.14. The topological polar surface area (TPSA) is 83.6 Å². The molecule has 0 saturated carbocycles. The van der Waals surface area contributed by atoms with Crippen molar-refractivity contribution < 1.29 is 23.7 Å². The summed E-state index contributed by atoms with van der Waals surface area (Å²) in [7, 11) is 6.24. The van der Waals surface area contributed by atoms with Crippen molar-refractivity contribution in [2.45, 2.75) is 12.6 Å². The Morgan fingerprint density at radius 3 is 2.48 bits per heavy atom. The number of hydrogen-bond donors (Lipinski definition) is 1. The first-order chi connectivity index (χ1) is 15.9. The van der Waals surface area contributed by atoms with E-state index >= 15 is 0 Å². The highest BCUT2D eigenvalue weighted by Crippen LogP contribution is 2.37. The van der Waals surface area contributed by atoms with Gasteiger partial charge in [-0.05, 0) is 29.8 Å². The van der Waals surface area contributed by atoms with E-state index in [2.05, 4.69) is 10.1 Å². The molecule has 2 aromatic heterocycles. The summed E-state index contributed by atoms with van der Waals surface area (Å²) >= 11 is 6.11. The highest BCUT2D eigenvalue weighted by molar-refractivity contribution is 6.33. The van der Waals surface area contributed by atoms with E-state index in [1.807, 2.05) is 24.3 Å². The summed E-state index contributed by atoms with van der Waals surface area (Å²) in [6.45, 7) is 0.419. The highest BCUT2D eigenvalue weighted by atomic mass is 35.5. The lowest BCUT2D eigenvalue weighted by Gasteiger charge is -2.11. The molecular weight excluding hydrogens is 451 g/mol. The summed E-state index contributed by atoms with van der Waals surface area (Å²) in [6.07, 6.45) is -0.990. The fourth-order valence-corrected chi connectivity index (χ4v) is 3.97. The summed E-state index contributed by atoms with van der Waals surface area (Å²) in [5.41, 5.74) is 1.81. The van der Waals surface area contributed by atoms with Crippen LogP contribution in [0, 0.1) is 5.82 Å². The second-order valence-corrected chi connectivity index (χ2v) is 7.88. The SMILES string of the molecule is COCC(O)c1nc(-c2cc3cc(OC)c(Cl)c(F)c3n2C)nn1Cc1ccc(OC)cc1. The van der Waals surface area contributed by atoms with Crippen LogP contribution >= 0.6 is 11.6 Å². The van der Waals surface area contributed by atoms with Crippen LogP contribution in [0.3, 0.4) is 0 Å².